The standard InChI is InChI=1S/C5H7N3.ClH.H4N2/c6-5(7)4-2-1-3-8-4;;1-2/h1-3,8H,(H3,6,7);1H;1-2H2. The third-order valence-electron chi connectivity index (χ3n) is 0.888. The Labute approximate surface area is 70.8 Å². The maximum atomic E-state index is 6.90. The zero-order valence-corrected chi connectivity index (χ0v) is 6.69. The number of aromatic nitrogens is 1. The van der Waals surface area contributed by atoms with Gasteiger partial charge in [-0.2, -0.15) is 0 Å². The topological polar surface area (TPSA) is 118 Å². The van der Waals surface area contributed by atoms with Gasteiger partial charge in [0.1, 0.15) is 5.84 Å². The smallest absolute Gasteiger partial charge is 0.139 e. The molecule has 0 bridgehead atoms. The average molecular weight is 178 g/mol. The van der Waals surface area contributed by atoms with Crippen molar-refractivity contribution in [1.29, 1.82) is 5.41 Å². The van der Waals surface area contributed by atoms with Crippen molar-refractivity contribution < 1.29 is 0 Å². The van der Waals surface area contributed by atoms with E-state index in [1.54, 1.807) is 18.3 Å². The first-order valence-corrected chi connectivity index (χ1v) is 2.62. The van der Waals surface area contributed by atoms with E-state index in [4.69, 9.17) is 11.1 Å². The fourth-order valence-electron chi connectivity index (χ4n) is 0.498. The molecule has 11 heavy (non-hydrogen) atoms. The molecule has 0 atom stereocenters. The molecule has 0 saturated carbocycles. The van der Waals surface area contributed by atoms with Crippen LogP contribution in [0.5, 0.6) is 0 Å². The SMILES string of the molecule is Cl.N=C(N)c1ccc[nH]1.NN. The van der Waals surface area contributed by atoms with Crippen LogP contribution in [0.4, 0.5) is 0 Å². The number of amidine groups is 1. The van der Waals surface area contributed by atoms with E-state index >= 15 is 0 Å². The van der Waals surface area contributed by atoms with Crippen molar-refractivity contribution in [1.82, 2.24) is 4.98 Å². The first-order valence-electron chi connectivity index (χ1n) is 2.62. The van der Waals surface area contributed by atoms with Crippen molar-refractivity contribution in [2.24, 2.45) is 17.4 Å². The van der Waals surface area contributed by atoms with Crippen LogP contribution in [0, 0.1) is 5.41 Å². The summed E-state index contributed by atoms with van der Waals surface area (Å²) in [6, 6.07) is 3.55. The number of nitrogen functional groups attached to an aromatic ring is 1. The van der Waals surface area contributed by atoms with Crippen molar-refractivity contribution >= 4 is 18.2 Å². The summed E-state index contributed by atoms with van der Waals surface area (Å²) in [7, 11) is 0. The Morgan fingerprint density at radius 3 is 2.18 bits per heavy atom. The molecular formula is C5H12ClN5. The summed E-state index contributed by atoms with van der Waals surface area (Å²) in [6.45, 7) is 0. The molecule has 0 amide bonds. The minimum absolute atomic E-state index is 0. The van der Waals surface area contributed by atoms with Crippen molar-refractivity contribution in [2.45, 2.75) is 0 Å². The summed E-state index contributed by atoms with van der Waals surface area (Å²) in [5.41, 5.74) is 5.78. The lowest BCUT2D eigenvalue weighted by molar-refractivity contribution is 1.26. The van der Waals surface area contributed by atoms with Crippen molar-refractivity contribution in [3.05, 3.63) is 24.0 Å². The quantitative estimate of drug-likeness (QED) is 0.173. The van der Waals surface area contributed by atoms with E-state index in [1.165, 1.54) is 0 Å². The highest BCUT2D eigenvalue weighted by Gasteiger charge is 1.90. The Morgan fingerprint density at radius 1 is 1.45 bits per heavy atom. The predicted molar refractivity (Wildman–Crippen MR) is 47.4 cm³/mol. The Hall–Kier alpha value is -1.04. The van der Waals surface area contributed by atoms with Crippen LogP contribution in [0.3, 0.4) is 0 Å². The van der Waals surface area contributed by atoms with Gasteiger partial charge in [0, 0.05) is 6.20 Å². The molecule has 5 nitrogen and oxygen atoms in total. The van der Waals surface area contributed by atoms with E-state index < -0.39 is 0 Å². The van der Waals surface area contributed by atoms with Gasteiger partial charge < -0.3 is 10.7 Å². The predicted octanol–water partition coefficient (Wildman–Crippen LogP) is -0.461. The maximum absolute atomic E-state index is 6.90. The summed E-state index contributed by atoms with van der Waals surface area (Å²) in [6.07, 6.45) is 1.73. The molecule has 8 N–H and O–H groups in total. The van der Waals surface area contributed by atoms with Gasteiger partial charge >= 0.3 is 0 Å². The fraction of sp³-hybridized carbons (Fsp3) is 0. The van der Waals surface area contributed by atoms with Crippen LogP contribution in [0.15, 0.2) is 18.3 Å². The second-order valence-corrected chi connectivity index (χ2v) is 1.50. The van der Waals surface area contributed by atoms with Gasteiger partial charge in [0.05, 0.1) is 5.69 Å². The highest BCUT2D eigenvalue weighted by atomic mass is 35.5. The zero-order chi connectivity index (χ0) is 7.98. The third-order valence-corrected chi connectivity index (χ3v) is 0.888. The van der Waals surface area contributed by atoms with Crippen LogP contribution < -0.4 is 17.4 Å². The maximum Gasteiger partial charge on any atom is 0.139 e. The largest absolute Gasteiger partial charge is 0.382 e. The van der Waals surface area contributed by atoms with E-state index in [2.05, 4.69) is 16.7 Å². The van der Waals surface area contributed by atoms with Crippen molar-refractivity contribution in [2.75, 3.05) is 0 Å². The Balaban J connectivity index is 0. The normalized spacial score (nSPS) is 7.09. The van der Waals surface area contributed by atoms with Crippen LogP contribution in [0.1, 0.15) is 5.69 Å². The first kappa shape index (κ1) is 12.6. The number of rotatable bonds is 1. The van der Waals surface area contributed by atoms with E-state index in [-0.39, 0.29) is 18.2 Å². The lowest BCUT2D eigenvalue weighted by Gasteiger charge is -1.86. The summed E-state index contributed by atoms with van der Waals surface area (Å²) < 4.78 is 0. The Morgan fingerprint density at radius 2 is 2.00 bits per heavy atom. The molecule has 0 aliphatic rings. The molecule has 1 rings (SSSR count). The number of H-pyrrole nitrogens is 1. The lowest BCUT2D eigenvalue weighted by Crippen LogP contribution is -2.10. The lowest BCUT2D eigenvalue weighted by atomic mass is 10.4. The minimum atomic E-state index is 0. The van der Waals surface area contributed by atoms with E-state index in [0.717, 1.165) is 0 Å². The van der Waals surface area contributed by atoms with Gasteiger partial charge in [-0.05, 0) is 12.1 Å². The summed E-state index contributed by atoms with van der Waals surface area (Å²) in [5, 5.41) is 6.90. The molecule has 0 aromatic carbocycles. The van der Waals surface area contributed by atoms with Gasteiger partial charge in [0.15, 0.2) is 0 Å². The molecule has 0 spiro atoms. The van der Waals surface area contributed by atoms with Gasteiger partial charge in [0.2, 0.25) is 0 Å². The molecule has 0 unspecified atom stereocenters. The molecule has 6 heteroatoms. The summed E-state index contributed by atoms with van der Waals surface area (Å²) >= 11 is 0. The number of hydrazine groups is 1. The van der Waals surface area contributed by atoms with Gasteiger partial charge in [-0.25, -0.2) is 0 Å². The summed E-state index contributed by atoms with van der Waals surface area (Å²) in [4.78, 5) is 2.79. The van der Waals surface area contributed by atoms with Crippen molar-refractivity contribution in [3.8, 4) is 0 Å². The molecule has 0 radical (unpaired) electrons. The molecule has 64 valence electrons. The number of hydrogen-bond acceptors (Lipinski definition) is 3. The Bertz CT molecular complexity index is 183. The van der Waals surface area contributed by atoms with E-state index in [0.29, 0.717) is 5.69 Å². The molecule has 0 fully saturated rings. The number of aromatic amines is 1. The van der Waals surface area contributed by atoms with Crippen LogP contribution in [0.2, 0.25) is 0 Å². The molecule has 1 aromatic heterocycles. The second-order valence-electron chi connectivity index (χ2n) is 1.50. The molecular weight excluding hydrogens is 166 g/mol. The second kappa shape index (κ2) is 7.07. The van der Waals surface area contributed by atoms with E-state index in [9.17, 15) is 0 Å². The number of nitrogens with two attached hydrogens (primary N) is 3. The van der Waals surface area contributed by atoms with Gasteiger partial charge in [-0.3, -0.25) is 17.1 Å². The van der Waals surface area contributed by atoms with Crippen LogP contribution in [-0.2, 0) is 0 Å². The van der Waals surface area contributed by atoms with Crippen LogP contribution in [0.25, 0.3) is 0 Å². The van der Waals surface area contributed by atoms with Gasteiger partial charge in [0.25, 0.3) is 0 Å². The van der Waals surface area contributed by atoms with Gasteiger partial charge in [-0.1, -0.05) is 0 Å². The highest BCUT2D eigenvalue weighted by Crippen LogP contribution is 1.89. The Kier molecular flexibility index (Phi) is 8.11. The summed E-state index contributed by atoms with van der Waals surface area (Å²) in [5.74, 6) is 8.08. The molecule has 0 aliphatic carbocycles. The zero-order valence-electron chi connectivity index (χ0n) is 5.87. The van der Waals surface area contributed by atoms with Gasteiger partial charge in [-0.15, -0.1) is 12.4 Å². The average Bonchev–Trinajstić information content (AvgIpc) is 2.42. The van der Waals surface area contributed by atoms with Crippen LogP contribution in [-0.4, -0.2) is 10.8 Å². The highest BCUT2D eigenvalue weighted by molar-refractivity contribution is 5.92. The van der Waals surface area contributed by atoms with E-state index in [1.807, 2.05) is 0 Å². The monoisotopic (exact) mass is 177 g/mol. The third kappa shape index (κ3) is 4.38. The first-order chi connectivity index (χ1) is 4.80. The molecule has 0 aliphatic heterocycles. The molecule has 0 saturated heterocycles. The van der Waals surface area contributed by atoms with Crippen LogP contribution >= 0.6 is 12.4 Å². The molecule has 1 aromatic rings. The number of hydrogen-bond donors (Lipinski definition) is 5. The van der Waals surface area contributed by atoms with Crippen molar-refractivity contribution in [3.63, 3.8) is 0 Å². The molecule has 1 heterocycles. The minimum Gasteiger partial charge on any atom is -0.382 e. The fourth-order valence-corrected chi connectivity index (χ4v) is 0.498. The number of nitrogens with one attached hydrogen (secondary N) is 2. The number of halogens is 1.